The molecule has 0 amide bonds. The third-order valence-electron chi connectivity index (χ3n) is 4.14. The van der Waals surface area contributed by atoms with Gasteiger partial charge in [0.05, 0.1) is 13.3 Å². The highest BCUT2D eigenvalue weighted by molar-refractivity contribution is 9.11. The number of nitrogens with zero attached hydrogens (tertiary/aromatic N) is 4. The summed E-state index contributed by atoms with van der Waals surface area (Å²) in [6, 6.07) is 13.5. The fraction of sp³-hybridized carbons (Fsp3) is 0.105. The maximum Gasteiger partial charge on any atom is 0.248 e. The summed E-state index contributed by atoms with van der Waals surface area (Å²) in [5.74, 6) is 1.63. The Balaban J connectivity index is 1.54. The highest BCUT2D eigenvalue weighted by Gasteiger charge is 2.18. The summed E-state index contributed by atoms with van der Waals surface area (Å²) >= 11 is 4.78. The van der Waals surface area contributed by atoms with E-state index in [-0.39, 0.29) is 0 Å². The van der Waals surface area contributed by atoms with Crippen molar-refractivity contribution in [3.05, 3.63) is 58.1 Å². The quantitative estimate of drug-likeness (QED) is 0.372. The molecule has 0 N–H and O–H groups in total. The molecule has 3 heterocycles. The van der Waals surface area contributed by atoms with Crippen LogP contribution in [0.4, 0.5) is 0 Å². The van der Waals surface area contributed by atoms with Gasteiger partial charge in [0.15, 0.2) is 20.8 Å². The van der Waals surface area contributed by atoms with Crippen molar-refractivity contribution >= 4 is 43.3 Å². The lowest BCUT2D eigenvalue weighted by atomic mass is 10.2. The normalized spacial score (nSPS) is 11.4. The van der Waals surface area contributed by atoms with Crippen LogP contribution >= 0.6 is 27.3 Å². The van der Waals surface area contributed by atoms with Crippen molar-refractivity contribution in [3.63, 3.8) is 0 Å². The number of rotatable bonds is 5. The molecule has 7 nitrogen and oxygen atoms in total. The van der Waals surface area contributed by atoms with E-state index in [1.54, 1.807) is 23.9 Å². The van der Waals surface area contributed by atoms with Crippen LogP contribution in [0, 0.1) is 0 Å². The van der Waals surface area contributed by atoms with Gasteiger partial charge in [-0.25, -0.2) is 14.5 Å². The zero-order valence-electron chi connectivity index (χ0n) is 14.6. The first-order chi connectivity index (χ1) is 13.7. The zero-order valence-corrected chi connectivity index (χ0v) is 17.0. The van der Waals surface area contributed by atoms with Gasteiger partial charge in [-0.2, -0.15) is 0 Å². The van der Waals surface area contributed by atoms with Crippen molar-refractivity contribution in [2.45, 2.75) is 6.61 Å². The fourth-order valence-electron chi connectivity index (χ4n) is 2.83. The third kappa shape index (κ3) is 3.12. The van der Waals surface area contributed by atoms with Gasteiger partial charge in [0.2, 0.25) is 10.9 Å². The van der Waals surface area contributed by atoms with E-state index in [4.69, 9.17) is 13.9 Å². The van der Waals surface area contributed by atoms with Crippen LogP contribution in [0.3, 0.4) is 0 Å². The molecule has 5 aromatic rings. The van der Waals surface area contributed by atoms with Crippen LogP contribution in [-0.4, -0.2) is 26.7 Å². The Kier molecular flexibility index (Phi) is 4.25. The molecule has 0 bridgehead atoms. The zero-order chi connectivity index (χ0) is 19.1. The van der Waals surface area contributed by atoms with Gasteiger partial charge in [0.25, 0.3) is 0 Å². The second-order valence-corrected chi connectivity index (χ2v) is 8.21. The highest BCUT2D eigenvalue weighted by atomic mass is 79.9. The molecule has 0 atom stereocenters. The van der Waals surface area contributed by atoms with Gasteiger partial charge in [-0.15, -0.1) is 5.10 Å². The Labute approximate surface area is 171 Å². The summed E-state index contributed by atoms with van der Waals surface area (Å²) in [6.45, 7) is 0.420. The predicted molar refractivity (Wildman–Crippen MR) is 109 cm³/mol. The van der Waals surface area contributed by atoms with Crippen molar-refractivity contribution < 1.29 is 13.9 Å². The average Bonchev–Trinajstić information content (AvgIpc) is 3.38. The number of halogens is 1. The SMILES string of the molecule is COc1cc(OCc2ccccc2)c2nc(-c3cn4nc(Br)sc4n3)oc2c1. The molecule has 0 unspecified atom stereocenters. The average molecular weight is 457 g/mol. The molecule has 0 aliphatic rings. The van der Waals surface area contributed by atoms with Crippen LogP contribution in [0.1, 0.15) is 5.56 Å². The topological polar surface area (TPSA) is 74.7 Å². The molecule has 9 heteroatoms. The van der Waals surface area contributed by atoms with E-state index in [9.17, 15) is 0 Å². The van der Waals surface area contributed by atoms with Crippen LogP contribution in [0.5, 0.6) is 11.5 Å². The van der Waals surface area contributed by atoms with E-state index in [0.717, 1.165) is 14.4 Å². The molecule has 0 saturated heterocycles. The number of benzene rings is 2. The van der Waals surface area contributed by atoms with E-state index in [2.05, 4.69) is 31.0 Å². The largest absolute Gasteiger partial charge is 0.496 e. The molecular weight excluding hydrogens is 444 g/mol. The lowest BCUT2D eigenvalue weighted by Gasteiger charge is -2.08. The van der Waals surface area contributed by atoms with Gasteiger partial charge in [-0.1, -0.05) is 41.7 Å². The summed E-state index contributed by atoms with van der Waals surface area (Å²) in [6.07, 6.45) is 1.78. The van der Waals surface area contributed by atoms with Crippen LogP contribution in [0.2, 0.25) is 0 Å². The van der Waals surface area contributed by atoms with Gasteiger partial charge in [-0.3, -0.25) is 0 Å². The number of aromatic nitrogens is 4. The lowest BCUT2D eigenvalue weighted by Crippen LogP contribution is -1.96. The van der Waals surface area contributed by atoms with Gasteiger partial charge in [0, 0.05) is 12.1 Å². The fourth-order valence-corrected chi connectivity index (χ4v) is 4.04. The van der Waals surface area contributed by atoms with Crippen LogP contribution in [0.15, 0.2) is 57.0 Å². The van der Waals surface area contributed by atoms with Crippen molar-refractivity contribution in [1.29, 1.82) is 0 Å². The summed E-state index contributed by atoms with van der Waals surface area (Å²) in [5, 5.41) is 4.30. The van der Waals surface area contributed by atoms with Gasteiger partial charge in [0.1, 0.15) is 18.1 Å². The summed E-state index contributed by atoms with van der Waals surface area (Å²) in [5.41, 5.74) is 2.86. The number of oxazole rings is 1. The lowest BCUT2D eigenvalue weighted by molar-refractivity contribution is 0.307. The molecule has 0 aliphatic heterocycles. The Morgan fingerprint density at radius 3 is 2.82 bits per heavy atom. The molecule has 5 rings (SSSR count). The summed E-state index contributed by atoms with van der Waals surface area (Å²) in [7, 11) is 1.60. The Hall–Kier alpha value is -2.91. The van der Waals surface area contributed by atoms with Crippen molar-refractivity contribution in [3.8, 4) is 23.1 Å². The second-order valence-electron chi connectivity index (χ2n) is 5.97. The van der Waals surface area contributed by atoms with E-state index < -0.39 is 0 Å². The number of fused-ring (bicyclic) bond motifs is 2. The summed E-state index contributed by atoms with van der Waals surface area (Å²) < 4.78 is 19.8. The minimum atomic E-state index is 0.404. The molecule has 0 aliphatic carbocycles. The number of ether oxygens (including phenoxy) is 2. The first-order valence-electron chi connectivity index (χ1n) is 8.37. The van der Waals surface area contributed by atoms with E-state index in [1.165, 1.54) is 11.3 Å². The number of imidazole rings is 1. The minimum Gasteiger partial charge on any atom is -0.496 e. The molecule has 3 aromatic heterocycles. The smallest absolute Gasteiger partial charge is 0.248 e. The number of methoxy groups -OCH3 is 1. The molecule has 0 radical (unpaired) electrons. The minimum absolute atomic E-state index is 0.404. The van der Waals surface area contributed by atoms with E-state index in [1.807, 2.05) is 36.4 Å². The number of hydrogen-bond donors (Lipinski definition) is 0. The monoisotopic (exact) mass is 456 g/mol. The number of hydrogen-bond acceptors (Lipinski definition) is 7. The first kappa shape index (κ1) is 17.2. The van der Waals surface area contributed by atoms with Gasteiger partial charge in [-0.05, 0) is 21.5 Å². The van der Waals surface area contributed by atoms with Gasteiger partial charge < -0.3 is 13.9 Å². The van der Waals surface area contributed by atoms with Crippen molar-refractivity contribution in [2.24, 2.45) is 0 Å². The van der Waals surface area contributed by atoms with Crippen molar-refractivity contribution in [1.82, 2.24) is 19.6 Å². The summed E-state index contributed by atoms with van der Waals surface area (Å²) in [4.78, 5) is 9.89. The van der Waals surface area contributed by atoms with Crippen molar-refractivity contribution in [2.75, 3.05) is 7.11 Å². The first-order valence-corrected chi connectivity index (χ1v) is 9.98. The maximum absolute atomic E-state index is 6.01. The molecule has 0 fully saturated rings. The Bertz CT molecular complexity index is 1250. The second kappa shape index (κ2) is 6.92. The Morgan fingerprint density at radius 1 is 1.18 bits per heavy atom. The maximum atomic E-state index is 6.01. The highest BCUT2D eigenvalue weighted by Crippen LogP contribution is 2.35. The van der Waals surface area contributed by atoms with E-state index >= 15 is 0 Å². The molecule has 28 heavy (non-hydrogen) atoms. The molecule has 0 saturated carbocycles. The van der Waals surface area contributed by atoms with E-state index in [0.29, 0.717) is 40.8 Å². The molecule has 140 valence electrons. The van der Waals surface area contributed by atoms with Gasteiger partial charge >= 0.3 is 0 Å². The van der Waals surface area contributed by atoms with Crippen LogP contribution in [0.25, 0.3) is 27.6 Å². The standard InChI is InChI=1S/C19H13BrN4O3S/c1-25-12-7-14(26-10-11-5-3-2-4-6-11)16-15(8-12)27-17(22-16)13-9-24-19(21-13)28-18(20)23-24/h2-9H,10H2,1H3. The van der Waals surface area contributed by atoms with Crippen LogP contribution < -0.4 is 9.47 Å². The predicted octanol–water partition coefficient (Wildman–Crippen LogP) is 4.95. The Morgan fingerprint density at radius 2 is 2.04 bits per heavy atom. The van der Waals surface area contributed by atoms with Crippen LogP contribution in [-0.2, 0) is 6.61 Å². The molecule has 2 aromatic carbocycles. The molecular formula is C19H13BrN4O3S. The third-order valence-corrected chi connectivity index (χ3v) is 5.50. The molecule has 0 spiro atoms.